The third-order valence-electron chi connectivity index (χ3n) is 0.973. The number of amides is 1. The SMILES string of the molecule is NC(=O)Cc1ncnc(N)n1. The fourth-order valence-corrected chi connectivity index (χ4v) is 0.586. The van der Waals surface area contributed by atoms with Gasteiger partial charge >= 0.3 is 0 Å². The van der Waals surface area contributed by atoms with Crippen LogP contribution in [0, 0.1) is 0 Å². The van der Waals surface area contributed by atoms with Crippen molar-refractivity contribution in [1.29, 1.82) is 0 Å². The Hall–Kier alpha value is -1.72. The molecule has 6 nitrogen and oxygen atoms in total. The van der Waals surface area contributed by atoms with Crippen LogP contribution in [0.4, 0.5) is 5.95 Å². The van der Waals surface area contributed by atoms with Crippen LogP contribution in [0.25, 0.3) is 0 Å². The molecule has 0 aliphatic heterocycles. The lowest BCUT2D eigenvalue weighted by Gasteiger charge is -1.94. The zero-order valence-corrected chi connectivity index (χ0v) is 5.69. The smallest absolute Gasteiger partial charge is 0.225 e. The molecule has 1 aromatic rings. The van der Waals surface area contributed by atoms with Gasteiger partial charge in [-0.2, -0.15) is 4.98 Å². The van der Waals surface area contributed by atoms with Crippen molar-refractivity contribution < 1.29 is 4.79 Å². The van der Waals surface area contributed by atoms with Gasteiger partial charge in [-0.1, -0.05) is 0 Å². The van der Waals surface area contributed by atoms with Crippen LogP contribution in [-0.4, -0.2) is 20.9 Å². The Morgan fingerprint density at radius 1 is 1.55 bits per heavy atom. The third-order valence-corrected chi connectivity index (χ3v) is 0.973. The quantitative estimate of drug-likeness (QED) is 0.536. The molecule has 4 N–H and O–H groups in total. The lowest BCUT2D eigenvalue weighted by atomic mass is 10.4. The zero-order valence-electron chi connectivity index (χ0n) is 5.69. The highest BCUT2D eigenvalue weighted by Gasteiger charge is 2.00. The van der Waals surface area contributed by atoms with Gasteiger partial charge in [-0.25, -0.2) is 9.97 Å². The van der Waals surface area contributed by atoms with E-state index in [0.29, 0.717) is 5.82 Å². The van der Waals surface area contributed by atoms with Gasteiger partial charge in [0.1, 0.15) is 12.2 Å². The number of carbonyl (C=O) groups excluding carboxylic acids is 1. The minimum atomic E-state index is -0.490. The average Bonchev–Trinajstić information content (AvgIpc) is 1.85. The van der Waals surface area contributed by atoms with Crippen molar-refractivity contribution in [2.24, 2.45) is 5.73 Å². The van der Waals surface area contributed by atoms with E-state index in [1.54, 1.807) is 0 Å². The van der Waals surface area contributed by atoms with E-state index in [9.17, 15) is 4.79 Å². The first kappa shape index (κ1) is 7.39. The van der Waals surface area contributed by atoms with Gasteiger partial charge in [-0.05, 0) is 0 Å². The van der Waals surface area contributed by atoms with Crippen molar-refractivity contribution in [2.45, 2.75) is 6.42 Å². The minimum absolute atomic E-state index is 0.00722. The molecule has 1 heterocycles. The summed E-state index contributed by atoms with van der Waals surface area (Å²) in [7, 11) is 0. The third kappa shape index (κ3) is 2.17. The van der Waals surface area contributed by atoms with Gasteiger partial charge in [-0.15, -0.1) is 0 Å². The van der Waals surface area contributed by atoms with Crippen molar-refractivity contribution in [3.8, 4) is 0 Å². The Morgan fingerprint density at radius 2 is 2.27 bits per heavy atom. The maximum Gasteiger partial charge on any atom is 0.225 e. The van der Waals surface area contributed by atoms with Crippen molar-refractivity contribution in [1.82, 2.24) is 15.0 Å². The number of rotatable bonds is 2. The zero-order chi connectivity index (χ0) is 8.27. The second-order valence-electron chi connectivity index (χ2n) is 1.90. The van der Waals surface area contributed by atoms with Crippen LogP contribution < -0.4 is 11.5 Å². The molecule has 6 heteroatoms. The summed E-state index contributed by atoms with van der Waals surface area (Å²) in [5.74, 6) is -0.100. The maximum atomic E-state index is 10.4. The standard InChI is InChI=1S/C5H7N5O/c6-3(11)1-4-8-2-9-5(7)10-4/h2H,1H2,(H2,6,11)(H2,7,8,9,10). The molecule has 0 unspecified atom stereocenters. The fraction of sp³-hybridized carbons (Fsp3) is 0.200. The number of nitrogens with two attached hydrogens (primary N) is 2. The van der Waals surface area contributed by atoms with E-state index in [0.717, 1.165) is 0 Å². The first-order valence-corrected chi connectivity index (χ1v) is 2.90. The number of nitrogen functional groups attached to an aromatic ring is 1. The van der Waals surface area contributed by atoms with Crippen molar-refractivity contribution in [2.75, 3.05) is 5.73 Å². The molecule has 0 aliphatic rings. The number of hydrogen-bond acceptors (Lipinski definition) is 5. The molecule has 1 rings (SSSR count). The number of carbonyl (C=O) groups is 1. The Bertz CT molecular complexity index is 273. The van der Waals surface area contributed by atoms with Gasteiger partial charge < -0.3 is 11.5 Å². The number of nitrogens with zero attached hydrogens (tertiary/aromatic N) is 3. The predicted octanol–water partition coefficient (Wildman–Crippen LogP) is -1.52. The van der Waals surface area contributed by atoms with Crippen LogP contribution in [0.3, 0.4) is 0 Å². The van der Waals surface area contributed by atoms with Crippen LogP contribution in [0.15, 0.2) is 6.33 Å². The van der Waals surface area contributed by atoms with Crippen molar-refractivity contribution in [3.63, 3.8) is 0 Å². The van der Waals surface area contributed by atoms with Crippen LogP contribution >= 0.6 is 0 Å². The number of primary amides is 1. The highest BCUT2D eigenvalue weighted by atomic mass is 16.1. The first-order chi connectivity index (χ1) is 5.18. The van der Waals surface area contributed by atoms with E-state index in [4.69, 9.17) is 11.5 Å². The summed E-state index contributed by atoms with van der Waals surface area (Å²) in [5, 5.41) is 0. The summed E-state index contributed by atoms with van der Waals surface area (Å²) in [6.45, 7) is 0. The van der Waals surface area contributed by atoms with Crippen LogP contribution in [-0.2, 0) is 11.2 Å². The van der Waals surface area contributed by atoms with E-state index in [2.05, 4.69) is 15.0 Å². The van der Waals surface area contributed by atoms with Gasteiger partial charge in [0, 0.05) is 0 Å². The summed E-state index contributed by atoms with van der Waals surface area (Å²) < 4.78 is 0. The van der Waals surface area contributed by atoms with Crippen molar-refractivity contribution in [3.05, 3.63) is 12.2 Å². The van der Waals surface area contributed by atoms with E-state index < -0.39 is 5.91 Å². The second kappa shape index (κ2) is 2.91. The summed E-state index contributed by atoms with van der Waals surface area (Å²) in [6.07, 6.45) is 1.23. The molecule has 0 fully saturated rings. The van der Waals surface area contributed by atoms with Gasteiger partial charge in [0.25, 0.3) is 0 Å². The molecular formula is C5H7N5O. The summed E-state index contributed by atoms with van der Waals surface area (Å²) in [6, 6.07) is 0. The molecule has 0 bridgehead atoms. The van der Waals surface area contributed by atoms with E-state index in [1.165, 1.54) is 6.33 Å². The molecule has 58 valence electrons. The molecule has 1 aromatic heterocycles. The molecule has 0 saturated heterocycles. The van der Waals surface area contributed by atoms with Crippen LogP contribution in [0.2, 0.25) is 0 Å². The maximum absolute atomic E-state index is 10.4. The van der Waals surface area contributed by atoms with Crippen LogP contribution in [0.5, 0.6) is 0 Å². The van der Waals surface area contributed by atoms with Crippen LogP contribution in [0.1, 0.15) is 5.82 Å². The average molecular weight is 153 g/mol. The summed E-state index contributed by atoms with van der Waals surface area (Å²) in [4.78, 5) is 21.3. The fourth-order valence-electron chi connectivity index (χ4n) is 0.586. The monoisotopic (exact) mass is 153 g/mol. The van der Waals surface area contributed by atoms with Gasteiger partial charge in [0.2, 0.25) is 11.9 Å². The highest BCUT2D eigenvalue weighted by Crippen LogP contribution is 1.91. The summed E-state index contributed by atoms with van der Waals surface area (Å²) in [5.41, 5.74) is 10.1. The van der Waals surface area contributed by atoms with E-state index in [-0.39, 0.29) is 12.4 Å². The number of hydrogen-bond donors (Lipinski definition) is 2. The summed E-state index contributed by atoms with van der Waals surface area (Å²) >= 11 is 0. The Morgan fingerprint density at radius 3 is 2.82 bits per heavy atom. The number of aromatic nitrogens is 3. The highest BCUT2D eigenvalue weighted by molar-refractivity contribution is 5.75. The lowest BCUT2D eigenvalue weighted by molar-refractivity contribution is -0.117. The molecular weight excluding hydrogens is 146 g/mol. The molecule has 0 aliphatic carbocycles. The lowest BCUT2D eigenvalue weighted by Crippen LogP contribution is -2.16. The topological polar surface area (TPSA) is 108 Å². The molecule has 0 radical (unpaired) electrons. The van der Waals surface area contributed by atoms with E-state index >= 15 is 0 Å². The molecule has 0 spiro atoms. The molecule has 0 aromatic carbocycles. The largest absolute Gasteiger partial charge is 0.369 e. The van der Waals surface area contributed by atoms with Gasteiger partial charge in [0.05, 0.1) is 6.42 Å². The minimum Gasteiger partial charge on any atom is -0.369 e. The Labute approximate surface area is 62.7 Å². The Balaban J connectivity index is 2.79. The Kier molecular flexibility index (Phi) is 1.95. The molecule has 0 atom stereocenters. The number of anilines is 1. The molecule has 0 saturated carbocycles. The molecule has 1 amide bonds. The second-order valence-corrected chi connectivity index (χ2v) is 1.90. The van der Waals surface area contributed by atoms with Gasteiger partial charge in [-0.3, -0.25) is 4.79 Å². The molecule has 11 heavy (non-hydrogen) atoms. The normalized spacial score (nSPS) is 9.45. The first-order valence-electron chi connectivity index (χ1n) is 2.90. The van der Waals surface area contributed by atoms with E-state index in [1.807, 2.05) is 0 Å². The predicted molar refractivity (Wildman–Crippen MR) is 37.1 cm³/mol. The van der Waals surface area contributed by atoms with Crippen molar-refractivity contribution >= 4 is 11.9 Å². The van der Waals surface area contributed by atoms with Gasteiger partial charge in [0.15, 0.2) is 0 Å².